The molecule has 1 rings (SSSR count). The van der Waals surface area contributed by atoms with E-state index in [1.54, 1.807) is 6.07 Å². The fraction of sp³-hybridized carbons (Fsp3) is 0.467. The molecule has 92 valence electrons. The van der Waals surface area contributed by atoms with Crippen LogP contribution in [0.4, 0.5) is 4.39 Å². The van der Waals surface area contributed by atoms with Crippen molar-refractivity contribution in [3.8, 4) is 12.3 Å². The van der Waals surface area contributed by atoms with E-state index in [2.05, 4.69) is 18.2 Å². The van der Waals surface area contributed by atoms with E-state index in [0.29, 0.717) is 6.42 Å². The molecule has 0 radical (unpaired) electrons. The van der Waals surface area contributed by atoms with Crippen molar-refractivity contribution < 1.29 is 4.39 Å². The molecule has 0 saturated carbocycles. The van der Waals surface area contributed by atoms with Gasteiger partial charge in [-0.2, -0.15) is 0 Å². The van der Waals surface area contributed by atoms with E-state index in [9.17, 15) is 4.39 Å². The van der Waals surface area contributed by atoms with E-state index in [-0.39, 0.29) is 17.9 Å². The van der Waals surface area contributed by atoms with Crippen LogP contribution in [0.15, 0.2) is 24.3 Å². The quantitative estimate of drug-likeness (QED) is 0.739. The third kappa shape index (κ3) is 3.87. The van der Waals surface area contributed by atoms with Crippen LogP contribution >= 0.6 is 0 Å². The Morgan fingerprint density at radius 3 is 2.53 bits per heavy atom. The lowest BCUT2D eigenvalue weighted by Gasteiger charge is -2.23. The van der Waals surface area contributed by atoms with Gasteiger partial charge in [-0.15, -0.1) is 12.3 Å². The molecule has 1 aromatic rings. The largest absolute Gasteiger partial charge is 0.306 e. The third-order valence-corrected chi connectivity index (χ3v) is 2.98. The first-order chi connectivity index (χ1) is 8.22. The molecule has 2 heteroatoms. The average Bonchev–Trinajstić information content (AvgIpc) is 2.35. The smallest absolute Gasteiger partial charge is 0.127 e. The minimum absolute atomic E-state index is 0.0366. The Hall–Kier alpha value is -1.33. The summed E-state index contributed by atoms with van der Waals surface area (Å²) in [6, 6.07) is 7.20. The predicted molar refractivity (Wildman–Crippen MR) is 70.1 cm³/mol. The zero-order valence-electron chi connectivity index (χ0n) is 10.5. The molecular formula is C15H20FN. The van der Waals surface area contributed by atoms with Crippen LogP contribution in [-0.2, 0) is 0 Å². The number of rotatable bonds is 6. The Bertz CT molecular complexity index is 381. The van der Waals surface area contributed by atoms with Gasteiger partial charge in [0.2, 0.25) is 0 Å². The topological polar surface area (TPSA) is 12.0 Å². The molecular weight excluding hydrogens is 213 g/mol. The van der Waals surface area contributed by atoms with Gasteiger partial charge in [0.05, 0.1) is 0 Å². The zero-order valence-corrected chi connectivity index (χ0v) is 10.5. The van der Waals surface area contributed by atoms with Crippen molar-refractivity contribution >= 4 is 0 Å². The minimum atomic E-state index is -0.151. The van der Waals surface area contributed by atoms with Crippen molar-refractivity contribution in [2.24, 2.45) is 0 Å². The van der Waals surface area contributed by atoms with Gasteiger partial charge in [0.1, 0.15) is 5.82 Å². The van der Waals surface area contributed by atoms with E-state index in [1.807, 2.05) is 19.1 Å². The van der Waals surface area contributed by atoms with Crippen molar-refractivity contribution in [1.82, 2.24) is 5.32 Å². The summed E-state index contributed by atoms with van der Waals surface area (Å²) >= 11 is 0. The Balaban J connectivity index is 2.79. The van der Waals surface area contributed by atoms with Crippen LogP contribution in [0.25, 0.3) is 0 Å². The molecule has 0 aliphatic rings. The summed E-state index contributed by atoms with van der Waals surface area (Å²) in [7, 11) is 0. The van der Waals surface area contributed by atoms with Crippen LogP contribution in [0.3, 0.4) is 0 Å². The summed E-state index contributed by atoms with van der Waals surface area (Å²) in [5.74, 6) is 2.51. The monoisotopic (exact) mass is 233 g/mol. The summed E-state index contributed by atoms with van der Waals surface area (Å²) in [6.45, 7) is 4.13. The minimum Gasteiger partial charge on any atom is -0.306 e. The number of hydrogen-bond acceptors (Lipinski definition) is 1. The van der Waals surface area contributed by atoms with Gasteiger partial charge in [-0.1, -0.05) is 32.0 Å². The van der Waals surface area contributed by atoms with Crippen molar-refractivity contribution in [3.63, 3.8) is 0 Å². The maximum atomic E-state index is 13.7. The highest BCUT2D eigenvalue weighted by Gasteiger charge is 2.16. The van der Waals surface area contributed by atoms with E-state index in [1.165, 1.54) is 6.07 Å². The molecule has 0 spiro atoms. The lowest BCUT2D eigenvalue weighted by Crippen LogP contribution is -2.32. The molecule has 2 unspecified atom stereocenters. The summed E-state index contributed by atoms with van der Waals surface area (Å²) in [5, 5.41) is 3.43. The van der Waals surface area contributed by atoms with E-state index >= 15 is 0 Å². The average molecular weight is 233 g/mol. The van der Waals surface area contributed by atoms with Crippen LogP contribution in [0, 0.1) is 18.2 Å². The molecule has 2 atom stereocenters. The SMILES string of the molecule is C#CCC(CC)NC(CC)c1ccccc1F. The van der Waals surface area contributed by atoms with E-state index in [0.717, 1.165) is 18.4 Å². The van der Waals surface area contributed by atoms with Gasteiger partial charge in [0, 0.05) is 24.1 Å². The predicted octanol–water partition coefficient (Wildman–Crippen LogP) is 3.67. The van der Waals surface area contributed by atoms with Crippen LogP contribution in [0.1, 0.15) is 44.7 Å². The van der Waals surface area contributed by atoms with Gasteiger partial charge in [-0.3, -0.25) is 0 Å². The lowest BCUT2D eigenvalue weighted by atomic mass is 10.0. The highest BCUT2D eigenvalue weighted by atomic mass is 19.1. The molecule has 1 aromatic carbocycles. The Labute approximate surface area is 103 Å². The Morgan fingerprint density at radius 2 is 2.00 bits per heavy atom. The van der Waals surface area contributed by atoms with Crippen molar-refractivity contribution in [1.29, 1.82) is 0 Å². The fourth-order valence-corrected chi connectivity index (χ4v) is 1.93. The molecule has 0 aromatic heterocycles. The number of hydrogen-bond donors (Lipinski definition) is 1. The second-order valence-electron chi connectivity index (χ2n) is 4.16. The van der Waals surface area contributed by atoms with Gasteiger partial charge < -0.3 is 5.32 Å². The number of nitrogens with one attached hydrogen (secondary N) is 1. The highest BCUT2D eigenvalue weighted by molar-refractivity contribution is 5.21. The maximum Gasteiger partial charge on any atom is 0.127 e. The van der Waals surface area contributed by atoms with Gasteiger partial charge in [-0.05, 0) is 18.9 Å². The van der Waals surface area contributed by atoms with E-state index in [4.69, 9.17) is 6.42 Å². The van der Waals surface area contributed by atoms with Crippen molar-refractivity contribution in [2.45, 2.75) is 45.2 Å². The first-order valence-corrected chi connectivity index (χ1v) is 6.16. The second-order valence-corrected chi connectivity index (χ2v) is 4.16. The van der Waals surface area contributed by atoms with Crippen LogP contribution in [0.2, 0.25) is 0 Å². The Kier molecular flexibility index (Phi) is 5.72. The molecule has 0 aliphatic carbocycles. The highest BCUT2D eigenvalue weighted by Crippen LogP contribution is 2.21. The maximum absolute atomic E-state index is 13.7. The van der Waals surface area contributed by atoms with Gasteiger partial charge >= 0.3 is 0 Å². The van der Waals surface area contributed by atoms with Crippen molar-refractivity contribution in [2.75, 3.05) is 0 Å². The van der Waals surface area contributed by atoms with Gasteiger partial charge in [0.15, 0.2) is 0 Å². The number of halogens is 1. The summed E-state index contributed by atoms with van der Waals surface area (Å²) in [6.07, 6.45) is 7.81. The summed E-state index contributed by atoms with van der Waals surface area (Å²) < 4.78 is 13.7. The standard InChI is InChI=1S/C15H20FN/c1-4-9-12(5-2)17-15(6-3)13-10-7-8-11-14(13)16/h1,7-8,10-12,15,17H,5-6,9H2,2-3H3. The van der Waals surface area contributed by atoms with E-state index < -0.39 is 0 Å². The molecule has 0 amide bonds. The first-order valence-electron chi connectivity index (χ1n) is 6.16. The fourth-order valence-electron chi connectivity index (χ4n) is 1.93. The number of terminal acetylenes is 1. The normalized spacial score (nSPS) is 14.0. The summed E-state index contributed by atoms with van der Waals surface area (Å²) in [4.78, 5) is 0. The molecule has 1 nitrogen and oxygen atoms in total. The lowest BCUT2D eigenvalue weighted by molar-refractivity contribution is 0.409. The third-order valence-electron chi connectivity index (χ3n) is 2.98. The summed E-state index contributed by atoms with van der Waals surface area (Å²) in [5.41, 5.74) is 0.727. The van der Waals surface area contributed by atoms with Crippen LogP contribution in [0.5, 0.6) is 0 Å². The molecule has 0 fully saturated rings. The Morgan fingerprint density at radius 1 is 1.29 bits per heavy atom. The van der Waals surface area contributed by atoms with Crippen molar-refractivity contribution in [3.05, 3.63) is 35.6 Å². The molecule has 0 aliphatic heterocycles. The van der Waals surface area contributed by atoms with Gasteiger partial charge in [-0.25, -0.2) is 4.39 Å². The molecule has 0 bridgehead atoms. The molecule has 0 heterocycles. The molecule has 17 heavy (non-hydrogen) atoms. The molecule has 0 saturated heterocycles. The van der Waals surface area contributed by atoms with Crippen LogP contribution in [-0.4, -0.2) is 6.04 Å². The first kappa shape index (κ1) is 13.7. The zero-order chi connectivity index (χ0) is 12.7. The number of benzene rings is 1. The second kappa shape index (κ2) is 7.09. The van der Waals surface area contributed by atoms with Crippen LogP contribution < -0.4 is 5.32 Å². The van der Waals surface area contributed by atoms with Gasteiger partial charge in [0.25, 0.3) is 0 Å². The molecule has 1 N–H and O–H groups in total.